The number of likely N-dealkylation sites (tertiary alicyclic amines) is 1. The first kappa shape index (κ1) is 18.5. The van der Waals surface area contributed by atoms with E-state index in [2.05, 4.69) is 4.98 Å². The van der Waals surface area contributed by atoms with Crippen LogP contribution in [0.2, 0.25) is 5.15 Å². The van der Waals surface area contributed by atoms with Crippen LogP contribution in [0, 0.1) is 11.3 Å². The Morgan fingerprint density at radius 3 is 2.92 bits per heavy atom. The van der Waals surface area contributed by atoms with Gasteiger partial charge in [-0.2, -0.15) is 0 Å². The number of amides is 2. The van der Waals surface area contributed by atoms with Gasteiger partial charge in [-0.15, -0.1) is 0 Å². The van der Waals surface area contributed by atoms with Crippen LogP contribution in [0.4, 0.5) is 0 Å². The highest BCUT2D eigenvalue weighted by atomic mass is 35.5. The van der Waals surface area contributed by atoms with Crippen LogP contribution in [0.25, 0.3) is 6.08 Å². The van der Waals surface area contributed by atoms with Gasteiger partial charge in [0.25, 0.3) is 0 Å². The molecule has 1 atom stereocenters. The molecule has 1 aliphatic heterocycles. The van der Waals surface area contributed by atoms with Gasteiger partial charge in [-0.3, -0.25) is 9.59 Å². The van der Waals surface area contributed by atoms with Crippen molar-refractivity contribution in [1.29, 1.82) is 0 Å². The molecule has 0 aliphatic carbocycles. The van der Waals surface area contributed by atoms with Crippen molar-refractivity contribution in [3.8, 4) is 0 Å². The van der Waals surface area contributed by atoms with E-state index in [4.69, 9.17) is 17.3 Å². The minimum atomic E-state index is -0.541. The fraction of sp³-hybridized carbons (Fsp3) is 0.500. The predicted molar refractivity (Wildman–Crippen MR) is 95.2 cm³/mol. The zero-order valence-electron chi connectivity index (χ0n) is 14.2. The summed E-state index contributed by atoms with van der Waals surface area (Å²) in [5.41, 5.74) is 5.76. The van der Waals surface area contributed by atoms with Gasteiger partial charge in [0.1, 0.15) is 5.15 Å². The summed E-state index contributed by atoms with van der Waals surface area (Å²) in [6.07, 6.45) is 7.58. The van der Waals surface area contributed by atoms with Gasteiger partial charge in [-0.1, -0.05) is 25.4 Å². The molecule has 1 unspecified atom stereocenters. The lowest BCUT2D eigenvalue weighted by atomic mass is 9.79. The van der Waals surface area contributed by atoms with Crippen LogP contribution in [-0.4, -0.2) is 34.8 Å². The summed E-state index contributed by atoms with van der Waals surface area (Å²) in [5.74, 6) is -0.0149. The van der Waals surface area contributed by atoms with E-state index in [0.717, 1.165) is 24.9 Å². The summed E-state index contributed by atoms with van der Waals surface area (Å²) in [6.45, 7) is 5.14. The van der Waals surface area contributed by atoms with Gasteiger partial charge in [-0.25, -0.2) is 4.98 Å². The highest BCUT2D eigenvalue weighted by molar-refractivity contribution is 6.29. The first-order valence-electron chi connectivity index (χ1n) is 8.16. The molecule has 2 amide bonds. The minimum absolute atomic E-state index is 0.0236. The third-order valence-corrected chi connectivity index (χ3v) is 4.67. The van der Waals surface area contributed by atoms with Gasteiger partial charge in [0, 0.05) is 30.8 Å². The minimum Gasteiger partial charge on any atom is -0.369 e. The van der Waals surface area contributed by atoms with Gasteiger partial charge in [0.2, 0.25) is 11.8 Å². The fourth-order valence-electron chi connectivity index (χ4n) is 3.05. The van der Waals surface area contributed by atoms with E-state index in [0.29, 0.717) is 24.0 Å². The van der Waals surface area contributed by atoms with Crippen LogP contribution < -0.4 is 5.73 Å². The van der Waals surface area contributed by atoms with Crippen molar-refractivity contribution in [2.24, 2.45) is 17.1 Å². The highest BCUT2D eigenvalue weighted by Crippen LogP contribution is 2.30. The largest absolute Gasteiger partial charge is 0.369 e. The summed E-state index contributed by atoms with van der Waals surface area (Å²) >= 11 is 5.84. The first-order valence-corrected chi connectivity index (χ1v) is 8.54. The normalized spacial score (nSPS) is 18.8. The Hall–Kier alpha value is -1.88. The number of hydrogen-bond donors (Lipinski definition) is 1. The Kier molecular flexibility index (Phi) is 5.99. The summed E-state index contributed by atoms with van der Waals surface area (Å²) in [5, 5.41) is 0.399. The van der Waals surface area contributed by atoms with Gasteiger partial charge >= 0.3 is 0 Å². The van der Waals surface area contributed by atoms with Crippen LogP contribution in [0.5, 0.6) is 0 Å². The first-order chi connectivity index (χ1) is 11.3. The van der Waals surface area contributed by atoms with Crippen molar-refractivity contribution in [1.82, 2.24) is 9.88 Å². The quantitative estimate of drug-likeness (QED) is 0.656. The molecule has 2 N–H and O–H groups in total. The van der Waals surface area contributed by atoms with E-state index in [-0.39, 0.29) is 11.8 Å². The summed E-state index contributed by atoms with van der Waals surface area (Å²) in [4.78, 5) is 29.7. The van der Waals surface area contributed by atoms with E-state index < -0.39 is 5.41 Å². The molecule has 24 heavy (non-hydrogen) atoms. The second kappa shape index (κ2) is 7.79. The van der Waals surface area contributed by atoms with Crippen LogP contribution in [-0.2, 0) is 9.59 Å². The van der Waals surface area contributed by atoms with Crippen LogP contribution in [0.1, 0.15) is 38.7 Å². The lowest BCUT2D eigenvalue weighted by Crippen LogP contribution is -2.42. The maximum absolute atomic E-state index is 12.4. The Bertz CT molecular complexity index is 643. The third-order valence-electron chi connectivity index (χ3n) is 4.47. The van der Waals surface area contributed by atoms with Crippen LogP contribution in [0.3, 0.4) is 0 Å². The monoisotopic (exact) mass is 349 g/mol. The van der Waals surface area contributed by atoms with E-state index in [9.17, 15) is 9.59 Å². The molecular weight excluding hydrogens is 326 g/mol. The number of nitrogens with zero attached hydrogens (tertiary/aromatic N) is 2. The van der Waals surface area contributed by atoms with Crippen molar-refractivity contribution >= 4 is 29.5 Å². The lowest BCUT2D eigenvalue weighted by molar-refractivity contribution is -0.129. The molecule has 1 fully saturated rings. The maximum atomic E-state index is 12.4. The molecular formula is C18H24ClN3O2. The van der Waals surface area contributed by atoms with Crippen molar-refractivity contribution in [2.75, 3.05) is 13.1 Å². The number of aromatic nitrogens is 1. The number of nitrogens with two attached hydrogens (primary N) is 1. The second-order valence-electron chi connectivity index (χ2n) is 6.99. The molecule has 130 valence electrons. The van der Waals surface area contributed by atoms with Gasteiger partial charge < -0.3 is 10.6 Å². The Morgan fingerprint density at radius 1 is 1.50 bits per heavy atom. The number of primary amides is 1. The van der Waals surface area contributed by atoms with Crippen LogP contribution >= 0.6 is 11.6 Å². The van der Waals surface area contributed by atoms with Gasteiger partial charge in [0.05, 0.1) is 0 Å². The van der Waals surface area contributed by atoms with Crippen LogP contribution in [0.15, 0.2) is 24.4 Å². The number of carbonyl (C=O) groups excluding carboxylic acids is 2. The number of piperidine rings is 1. The molecule has 2 rings (SSSR count). The molecule has 1 saturated heterocycles. The van der Waals surface area contributed by atoms with Crippen molar-refractivity contribution < 1.29 is 9.59 Å². The molecule has 2 heterocycles. The molecule has 0 radical (unpaired) electrons. The molecule has 1 aromatic heterocycles. The lowest BCUT2D eigenvalue weighted by Gasteiger charge is -2.35. The molecule has 0 bridgehead atoms. The van der Waals surface area contributed by atoms with Crippen molar-refractivity contribution in [3.05, 3.63) is 35.1 Å². The number of rotatable bonds is 5. The van der Waals surface area contributed by atoms with Crippen molar-refractivity contribution in [2.45, 2.75) is 33.1 Å². The number of carbonyl (C=O) groups is 2. The van der Waals surface area contributed by atoms with E-state index in [1.165, 1.54) is 0 Å². The molecule has 0 saturated carbocycles. The third kappa shape index (κ3) is 5.06. The van der Waals surface area contributed by atoms with E-state index in [1.54, 1.807) is 30.5 Å². The number of pyridine rings is 1. The Balaban J connectivity index is 1.96. The highest BCUT2D eigenvalue weighted by Gasteiger charge is 2.32. The molecule has 1 aliphatic rings. The van der Waals surface area contributed by atoms with E-state index >= 15 is 0 Å². The average Bonchev–Trinajstić information content (AvgIpc) is 2.52. The zero-order valence-corrected chi connectivity index (χ0v) is 14.9. The number of halogens is 1. The zero-order chi connectivity index (χ0) is 17.7. The molecule has 1 aromatic rings. The molecule has 6 heteroatoms. The average molecular weight is 350 g/mol. The summed E-state index contributed by atoms with van der Waals surface area (Å²) in [7, 11) is 0. The molecule has 0 aromatic carbocycles. The summed E-state index contributed by atoms with van der Waals surface area (Å²) < 4.78 is 0. The molecule has 5 nitrogen and oxygen atoms in total. The van der Waals surface area contributed by atoms with E-state index in [1.807, 2.05) is 18.7 Å². The van der Waals surface area contributed by atoms with Gasteiger partial charge in [0.15, 0.2) is 0 Å². The maximum Gasteiger partial charge on any atom is 0.246 e. The second-order valence-corrected chi connectivity index (χ2v) is 7.38. The topological polar surface area (TPSA) is 76.3 Å². The Labute approximate surface area is 147 Å². The number of hydrogen-bond acceptors (Lipinski definition) is 3. The summed E-state index contributed by atoms with van der Waals surface area (Å²) in [6, 6.07) is 3.50. The van der Waals surface area contributed by atoms with Gasteiger partial charge in [-0.05, 0) is 49.0 Å². The smallest absolute Gasteiger partial charge is 0.246 e. The van der Waals surface area contributed by atoms with Crippen molar-refractivity contribution in [3.63, 3.8) is 0 Å². The standard InChI is InChI=1S/C18H24ClN3O2/c1-18(2,17(20)24)11-14-4-3-9-22(12-14)16(23)6-5-13-7-8-21-15(19)10-13/h5-8,10,14H,3-4,9,11-12H2,1-2H3,(H2,20,24)/b6-5+. The Morgan fingerprint density at radius 2 is 2.25 bits per heavy atom. The predicted octanol–water partition coefficient (Wildman–Crippen LogP) is 2.89. The SMILES string of the molecule is CC(C)(CC1CCCN(C(=O)/C=C/c2ccnc(Cl)c2)C1)C(N)=O. The fourth-order valence-corrected chi connectivity index (χ4v) is 3.23. The molecule has 0 spiro atoms.